The van der Waals surface area contributed by atoms with Crippen molar-refractivity contribution in [2.45, 2.75) is 6.92 Å². The van der Waals surface area contributed by atoms with Crippen LogP contribution < -0.4 is 4.90 Å². The van der Waals surface area contributed by atoms with Gasteiger partial charge >= 0.3 is 6.03 Å². The molecule has 0 radical (unpaired) electrons. The van der Waals surface area contributed by atoms with E-state index in [0.29, 0.717) is 36.9 Å². The molecular formula is C21H21ClN4O3. The Balaban J connectivity index is 1.39. The van der Waals surface area contributed by atoms with Crippen molar-refractivity contribution < 1.29 is 14.4 Å². The molecule has 1 saturated heterocycles. The van der Waals surface area contributed by atoms with Gasteiger partial charge in [0.15, 0.2) is 0 Å². The van der Waals surface area contributed by atoms with Crippen LogP contribution in [0.5, 0.6) is 0 Å². The summed E-state index contributed by atoms with van der Waals surface area (Å²) < 4.78 is 0. The number of allylic oxidation sites excluding steroid dienone is 3. The first-order valence-electron chi connectivity index (χ1n) is 9.52. The van der Waals surface area contributed by atoms with Crippen molar-refractivity contribution in [3.8, 4) is 0 Å². The maximum absolute atomic E-state index is 12.7. The Labute approximate surface area is 173 Å². The molecule has 1 aromatic carbocycles. The van der Waals surface area contributed by atoms with Crippen molar-refractivity contribution in [1.29, 1.82) is 0 Å². The fraction of sp³-hybridized carbons (Fsp3) is 0.333. The van der Waals surface area contributed by atoms with Crippen molar-refractivity contribution in [2.75, 3.05) is 37.6 Å². The van der Waals surface area contributed by atoms with E-state index in [-0.39, 0.29) is 12.5 Å². The quantitative estimate of drug-likeness (QED) is 0.764. The van der Waals surface area contributed by atoms with Gasteiger partial charge in [0.25, 0.3) is 0 Å². The number of carbonyl (C=O) groups is 3. The number of anilines is 1. The van der Waals surface area contributed by atoms with Crippen LogP contribution in [0.15, 0.2) is 47.5 Å². The summed E-state index contributed by atoms with van der Waals surface area (Å²) in [6, 6.07) is 5.09. The summed E-state index contributed by atoms with van der Waals surface area (Å²) in [6.45, 7) is 4.10. The summed E-state index contributed by atoms with van der Waals surface area (Å²) in [5.41, 5.74) is 2.61. The highest BCUT2D eigenvalue weighted by atomic mass is 35.5. The number of nitrogens with zero attached hydrogens (tertiary/aromatic N) is 4. The van der Waals surface area contributed by atoms with Gasteiger partial charge in [-0.2, -0.15) is 4.99 Å². The van der Waals surface area contributed by atoms with Gasteiger partial charge in [-0.25, -0.2) is 4.79 Å². The molecule has 0 bridgehead atoms. The van der Waals surface area contributed by atoms with Gasteiger partial charge in [0, 0.05) is 36.9 Å². The second-order valence-corrected chi connectivity index (χ2v) is 7.70. The Hall–Kier alpha value is -2.93. The zero-order chi connectivity index (χ0) is 20.5. The number of aryl methyl sites for hydroxylation is 1. The first-order chi connectivity index (χ1) is 13.9. The van der Waals surface area contributed by atoms with E-state index in [1.807, 2.05) is 25.1 Å². The van der Waals surface area contributed by atoms with Crippen molar-refractivity contribution in [3.63, 3.8) is 0 Å². The molecule has 150 valence electrons. The Bertz CT molecular complexity index is 961. The minimum Gasteiger partial charge on any atom is -0.368 e. The smallest absolute Gasteiger partial charge is 0.351 e. The molecule has 0 aromatic heterocycles. The van der Waals surface area contributed by atoms with Crippen LogP contribution in [0.25, 0.3) is 0 Å². The molecule has 0 spiro atoms. The third-order valence-corrected chi connectivity index (χ3v) is 5.66. The highest BCUT2D eigenvalue weighted by molar-refractivity contribution is 6.30. The van der Waals surface area contributed by atoms with Crippen LogP contribution in [0.1, 0.15) is 5.56 Å². The molecule has 2 aliphatic heterocycles. The maximum Gasteiger partial charge on any atom is 0.351 e. The molecule has 1 atom stereocenters. The summed E-state index contributed by atoms with van der Waals surface area (Å²) in [5.74, 6) is -1.24. The van der Waals surface area contributed by atoms with Gasteiger partial charge in [0.1, 0.15) is 6.54 Å². The fourth-order valence-corrected chi connectivity index (χ4v) is 3.95. The molecule has 3 aliphatic rings. The van der Waals surface area contributed by atoms with E-state index in [1.165, 1.54) is 0 Å². The van der Waals surface area contributed by atoms with E-state index >= 15 is 0 Å². The molecule has 0 N–H and O–H groups in total. The number of hydrogen-bond donors (Lipinski definition) is 0. The normalized spacial score (nSPS) is 21.4. The van der Waals surface area contributed by atoms with Gasteiger partial charge in [0.2, 0.25) is 11.8 Å². The zero-order valence-corrected chi connectivity index (χ0v) is 16.8. The molecule has 1 aromatic rings. The number of piperazine rings is 1. The van der Waals surface area contributed by atoms with Crippen LogP contribution in [0.4, 0.5) is 10.5 Å². The van der Waals surface area contributed by atoms with Gasteiger partial charge in [-0.05, 0) is 30.7 Å². The van der Waals surface area contributed by atoms with Crippen molar-refractivity contribution in [1.82, 2.24) is 9.80 Å². The lowest BCUT2D eigenvalue weighted by Gasteiger charge is -2.37. The maximum atomic E-state index is 12.7. The second-order valence-electron chi connectivity index (χ2n) is 7.26. The summed E-state index contributed by atoms with van der Waals surface area (Å²) in [7, 11) is 0. The third kappa shape index (κ3) is 3.82. The van der Waals surface area contributed by atoms with Gasteiger partial charge < -0.3 is 9.80 Å². The average molecular weight is 413 g/mol. The average Bonchev–Trinajstić information content (AvgIpc) is 2.73. The van der Waals surface area contributed by atoms with Crippen LogP contribution in [0.2, 0.25) is 5.02 Å². The third-order valence-electron chi connectivity index (χ3n) is 5.43. The summed E-state index contributed by atoms with van der Waals surface area (Å²) in [6.07, 6.45) is 6.82. The molecule has 7 nitrogen and oxygen atoms in total. The Morgan fingerprint density at radius 2 is 1.93 bits per heavy atom. The molecule has 4 amide bonds. The molecular weight excluding hydrogens is 392 g/mol. The molecule has 1 unspecified atom stereocenters. The van der Waals surface area contributed by atoms with Gasteiger partial charge in [0.05, 0.1) is 11.6 Å². The van der Waals surface area contributed by atoms with Crippen LogP contribution in [-0.4, -0.2) is 66.1 Å². The predicted molar refractivity (Wildman–Crippen MR) is 111 cm³/mol. The lowest BCUT2D eigenvalue weighted by atomic mass is 9.95. The minimum atomic E-state index is -0.678. The molecule has 1 fully saturated rings. The SMILES string of the molecule is Cc1ccc(Cl)cc1N1CCN(C(=O)CN2C(=O)N=C3C=CC=CC3C2=O)CC1. The van der Waals surface area contributed by atoms with Crippen LogP contribution in [0, 0.1) is 12.8 Å². The van der Waals surface area contributed by atoms with Crippen LogP contribution in [-0.2, 0) is 9.59 Å². The van der Waals surface area contributed by atoms with Crippen molar-refractivity contribution in [3.05, 3.63) is 53.1 Å². The Morgan fingerprint density at radius 1 is 1.17 bits per heavy atom. The van der Waals surface area contributed by atoms with E-state index in [9.17, 15) is 14.4 Å². The van der Waals surface area contributed by atoms with Crippen LogP contribution in [0.3, 0.4) is 0 Å². The molecule has 29 heavy (non-hydrogen) atoms. The second kappa shape index (κ2) is 7.83. The van der Waals surface area contributed by atoms with E-state index in [1.54, 1.807) is 29.2 Å². The molecule has 2 heterocycles. The monoisotopic (exact) mass is 412 g/mol. The number of amides is 4. The molecule has 1 aliphatic carbocycles. The standard InChI is InChI=1S/C21H21ClN4O3/c1-14-6-7-15(22)12-18(14)24-8-10-25(11-9-24)19(27)13-26-20(28)16-4-2-3-5-17(16)23-21(26)29/h2-7,12,16H,8-11,13H2,1H3. The number of aliphatic imine (C=N–C) groups is 1. The fourth-order valence-electron chi connectivity index (χ4n) is 3.78. The van der Waals surface area contributed by atoms with Crippen molar-refractivity contribution >= 4 is 40.8 Å². The summed E-state index contributed by atoms with van der Waals surface area (Å²) in [5, 5.41) is 0.678. The van der Waals surface area contributed by atoms with E-state index in [4.69, 9.17) is 11.6 Å². The lowest BCUT2D eigenvalue weighted by Crippen LogP contribution is -2.54. The largest absolute Gasteiger partial charge is 0.368 e. The first kappa shape index (κ1) is 19.4. The topological polar surface area (TPSA) is 73.3 Å². The Kier molecular flexibility index (Phi) is 5.24. The predicted octanol–water partition coefficient (Wildman–Crippen LogP) is 2.44. The molecule has 4 rings (SSSR count). The van der Waals surface area contributed by atoms with E-state index < -0.39 is 17.9 Å². The molecule has 0 saturated carbocycles. The highest BCUT2D eigenvalue weighted by Crippen LogP contribution is 2.25. The number of fused-ring (bicyclic) bond motifs is 1. The number of hydrogen-bond acceptors (Lipinski definition) is 4. The van der Waals surface area contributed by atoms with E-state index in [2.05, 4.69) is 9.89 Å². The summed E-state index contributed by atoms with van der Waals surface area (Å²) in [4.78, 5) is 46.4. The van der Waals surface area contributed by atoms with Gasteiger partial charge in [-0.15, -0.1) is 0 Å². The zero-order valence-electron chi connectivity index (χ0n) is 16.0. The molecule has 8 heteroatoms. The van der Waals surface area contributed by atoms with E-state index in [0.717, 1.165) is 16.2 Å². The van der Waals surface area contributed by atoms with Crippen LogP contribution >= 0.6 is 11.6 Å². The number of carbonyl (C=O) groups excluding carboxylic acids is 3. The number of halogens is 1. The van der Waals surface area contributed by atoms with Crippen molar-refractivity contribution in [2.24, 2.45) is 10.9 Å². The number of benzene rings is 1. The van der Waals surface area contributed by atoms with Gasteiger partial charge in [-0.3, -0.25) is 14.5 Å². The Morgan fingerprint density at radius 3 is 2.69 bits per heavy atom. The highest BCUT2D eigenvalue weighted by Gasteiger charge is 2.37. The minimum absolute atomic E-state index is 0.247. The first-order valence-corrected chi connectivity index (χ1v) is 9.89. The number of rotatable bonds is 3. The van der Waals surface area contributed by atoms with Gasteiger partial charge in [-0.1, -0.05) is 35.9 Å². The lowest BCUT2D eigenvalue weighted by molar-refractivity contribution is -0.138. The number of urea groups is 1. The number of imide groups is 1. The summed E-state index contributed by atoms with van der Waals surface area (Å²) >= 11 is 6.12.